The molecule has 0 aromatic heterocycles. The average Bonchev–Trinajstić information content (AvgIpc) is 2.30. The normalized spacial score (nSPS) is 12.2. The van der Waals surface area contributed by atoms with Crippen molar-refractivity contribution in [2.24, 2.45) is 0 Å². The maximum Gasteiger partial charge on any atom is 0.401 e. The molecule has 20 heavy (non-hydrogen) atoms. The summed E-state index contributed by atoms with van der Waals surface area (Å²) in [6.07, 6.45) is -3.71. The van der Waals surface area contributed by atoms with Crippen LogP contribution in [0.4, 0.5) is 22.0 Å². The second-order valence-corrected chi connectivity index (χ2v) is 4.62. The lowest BCUT2D eigenvalue weighted by atomic mass is 10.2. The van der Waals surface area contributed by atoms with E-state index in [4.69, 9.17) is 0 Å². The first-order chi connectivity index (χ1) is 9.28. The minimum absolute atomic E-state index is 0.145. The van der Waals surface area contributed by atoms with E-state index in [0.717, 1.165) is 18.2 Å². The molecule has 0 bridgehead atoms. The molecule has 1 aromatic rings. The highest BCUT2D eigenvalue weighted by Crippen LogP contribution is 2.15. The van der Waals surface area contributed by atoms with Gasteiger partial charge in [0, 0.05) is 12.1 Å². The highest BCUT2D eigenvalue weighted by molar-refractivity contribution is 5.18. The van der Waals surface area contributed by atoms with Crippen molar-refractivity contribution in [2.75, 3.05) is 26.7 Å². The van der Waals surface area contributed by atoms with Crippen LogP contribution in [0.3, 0.4) is 0 Å². The molecule has 7 heteroatoms. The molecule has 0 aliphatic rings. The molecule has 0 atom stereocenters. The largest absolute Gasteiger partial charge is 0.401 e. The minimum Gasteiger partial charge on any atom is -0.313 e. The SMILES string of the molecule is CN(CCCNCc1cc(F)ccc1F)CC(F)(F)F. The van der Waals surface area contributed by atoms with Crippen LogP contribution in [0.1, 0.15) is 12.0 Å². The van der Waals surface area contributed by atoms with Crippen LogP contribution in [0.2, 0.25) is 0 Å². The molecule has 0 aliphatic carbocycles. The van der Waals surface area contributed by atoms with Gasteiger partial charge in [-0.2, -0.15) is 13.2 Å². The van der Waals surface area contributed by atoms with Crippen molar-refractivity contribution < 1.29 is 22.0 Å². The van der Waals surface area contributed by atoms with E-state index in [9.17, 15) is 22.0 Å². The second kappa shape index (κ2) is 7.54. The highest BCUT2D eigenvalue weighted by Gasteiger charge is 2.28. The van der Waals surface area contributed by atoms with E-state index >= 15 is 0 Å². The Hall–Kier alpha value is -1.21. The van der Waals surface area contributed by atoms with Gasteiger partial charge in [0.05, 0.1) is 6.54 Å². The lowest BCUT2D eigenvalue weighted by Crippen LogP contribution is -2.33. The molecule has 114 valence electrons. The molecule has 0 saturated heterocycles. The van der Waals surface area contributed by atoms with Crippen LogP contribution in [0.5, 0.6) is 0 Å². The summed E-state index contributed by atoms with van der Waals surface area (Å²) in [6.45, 7) is -0.103. The van der Waals surface area contributed by atoms with Crippen molar-refractivity contribution in [2.45, 2.75) is 19.1 Å². The van der Waals surface area contributed by atoms with Crippen molar-refractivity contribution >= 4 is 0 Å². The minimum atomic E-state index is -4.20. The van der Waals surface area contributed by atoms with Crippen LogP contribution in [0.15, 0.2) is 18.2 Å². The summed E-state index contributed by atoms with van der Waals surface area (Å²) < 4.78 is 62.3. The Morgan fingerprint density at radius 3 is 2.55 bits per heavy atom. The number of hydrogen-bond donors (Lipinski definition) is 1. The molecule has 1 N–H and O–H groups in total. The molecule has 0 aliphatic heterocycles. The third-order valence-electron chi connectivity index (χ3n) is 2.67. The van der Waals surface area contributed by atoms with E-state index in [1.54, 1.807) is 0 Å². The van der Waals surface area contributed by atoms with Gasteiger partial charge >= 0.3 is 6.18 Å². The Kier molecular flexibility index (Phi) is 6.35. The zero-order chi connectivity index (χ0) is 15.2. The van der Waals surface area contributed by atoms with Crippen molar-refractivity contribution in [1.82, 2.24) is 10.2 Å². The molecule has 0 fully saturated rings. The van der Waals surface area contributed by atoms with Gasteiger partial charge < -0.3 is 5.32 Å². The van der Waals surface area contributed by atoms with Crippen LogP contribution in [-0.2, 0) is 6.54 Å². The fourth-order valence-electron chi connectivity index (χ4n) is 1.76. The summed E-state index contributed by atoms with van der Waals surface area (Å²) >= 11 is 0. The molecule has 0 amide bonds. The van der Waals surface area contributed by atoms with Crippen molar-refractivity contribution in [3.05, 3.63) is 35.4 Å². The molecular formula is C13H17F5N2. The van der Waals surface area contributed by atoms with Crippen LogP contribution in [0.25, 0.3) is 0 Å². The zero-order valence-electron chi connectivity index (χ0n) is 11.1. The Labute approximate surface area is 114 Å². The quantitative estimate of drug-likeness (QED) is 0.615. The van der Waals surface area contributed by atoms with Crippen molar-refractivity contribution in [3.8, 4) is 0 Å². The van der Waals surface area contributed by atoms with Crippen LogP contribution >= 0.6 is 0 Å². The zero-order valence-corrected chi connectivity index (χ0v) is 11.1. The first-order valence-corrected chi connectivity index (χ1v) is 6.18. The second-order valence-electron chi connectivity index (χ2n) is 4.62. The number of benzene rings is 1. The molecular weight excluding hydrogens is 279 g/mol. The van der Waals surface area contributed by atoms with Crippen molar-refractivity contribution in [1.29, 1.82) is 0 Å². The fraction of sp³-hybridized carbons (Fsp3) is 0.538. The predicted molar refractivity (Wildman–Crippen MR) is 66.2 cm³/mol. The van der Waals surface area contributed by atoms with Gasteiger partial charge in [0.25, 0.3) is 0 Å². The fourth-order valence-corrected chi connectivity index (χ4v) is 1.76. The van der Waals surface area contributed by atoms with Gasteiger partial charge in [-0.3, -0.25) is 4.90 Å². The predicted octanol–water partition coefficient (Wildman–Crippen LogP) is 2.94. The third-order valence-corrected chi connectivity index (χ3v) is 2.67. The summed E-state index contributed by atoms with van der Waals surface area (Å²) in [5.41, 5.74) is 0.202. The van der Waals surface area contributed by atoms with Gasteiger partial charge in [0.15, 0.2) is 0 Å². The molecule has 0 radical (unpaired) electrons. The molecule has 1 rings (SSSR count). The van der Waals surface area contributed by atoms with E-state index in [1.165, 1.54) is 11.9 Å². The van der Waals surface area contributed by atoms with Crippen LogP contribution in [-0.4, -0.2) is 37.8 Å². The number of rotatable bonds is 7. The number of nitrogens with one attached hydrogen (secondary N) is 1. The van der Waals surface area contributed by atoms with E-state index in [2.05, 4.69) is 5.32 Å². The molecule has 0 unspecified atom stereocenters. The van der Waals surface area contributed by atoms with Gasteiger partial charge in [-0.1, -0.05) is 0 Å². The summed E-state index contributed by atoms with van der Waals surface area (Å²) in [5.74, 6) is -1.03. The Balaban J connectivity index is 2.21. The number of hydrogen-bond acceptors (Lipinski definition) is 2. The number of nitrogens with zero attached hydrogens (tertiary/aromatic N) is 1. The molecule has 2 nitrogen and oxygen atoms in total. The topological polar surface area (TPSA) is 15.3 Å². The average molecular weight is 296 g/mol. The first-order valence-electron chi connectivity index (χ1n) is 6.18. The first kappa shape index (κ1) is 16.8. The third kappa shape index (κ3) is 6.81. The summed E-state index contributed by atoms with van der Waals surface area (Å²) in [4.78, 5) is 1.17. The van der Waals surface area contributed by atoms with Gasteiger partial charge in [-0.15, -0.1) is 0 Å². The van der Waals surface area contributed by atoms with Crippen LogP contribution < -0.4 is 5.32 Å². The molecule has 1 aromatic carbocycles. The highest BCUT2D eigenvalue weighted by atomic mass is 19.4. The lowest BCUT2D eigenvalue weighted by Gasteiger charge is -2.18. The number of halogens is 5. The lowest BCUT2D eigenvalue weighted by molar-refractivity contribution is -0.143. The van der Waals surface area contributed by atoms with Gasteiger partial charge in [0.2, 0.25) is 0 Å². The van der Waals surface area contributed by atoms with E-state index in [-0.39, 0.29) is 18.7 Å². The Morgan fingerprint density at radius 1 is 1.20 bits per heavy atom. The maximum atomic E-state index is 13.3. The Bertz CT molecular complexity index is 420. The standard InChI is InChI=1S/C13H17F5N2/c1-20(9-13(16,17)18)6-2-5-19-8-10-7-11(14)3-4-12(10)15/h3-4,7,19H,2,5-6,8-9H2,1H3. The van der Waals surface area contributed by atoms with E-state index in [0.29, 0.717) is 13.0 Å². The number of alkyl halides is 3. The Morgan fingerprint density at radius 2 is 1.90 bits per heavy atom. The van der Waals surface area contributed by atoms with Gasteiger partial charge in [0.1, 0.15) is 11.6 Å². The summed E-state index contributed by atoms with van der Waals surface area (Å²) in [5, 5.41) is 2.87. The van der Waals surface area contributed by atoms with E-state index < -0.39 is 24.4 Å². The van der Waals surface area contributed by atoms with Gasteiger partial charge in [-0.05, 0) is 44.8 Å². The maximum absolute atomic E-state index is 13.3. The summed E-state index contributed by atoms with van der Waals surface area (Å²) in [6, 6.07) is 3.17. The van der Waals surface area contributed by atoms with E-state index in [1.807, 2.05) is 0 Å². The molecule has 0 saturated carbocycles. The molecule has 0 spiro atoms. The summed E-state index contributed by atoms with van der Waals surface area (Å²) in [7, 11) is 1.39. The van der Waals surface area contributed by atoms with Gasteiger partial charge in [-0.25, -0.2) is 8.78 Å². The monoisotopic (exact) mass is 296 g/mol. The van der Waals surface area contributed by atoms with Crippen molar-refractivity contribution in [3.63, 3.8) is 0 Å². The smallest absolute Gasteiger partial charge is 0.313 e. The molecule has 0 heterocycles. The van der Waals surface area contributed by atoms with Crippen LogP contribution in [0, 0.1) is 11.6 Å².